The van der Waals surface area contributed by atoms with Crippen molar-refractivity contribution < 1.29 is 9.66 Å². The number of nitriles is 1. The molecule has 0 N–H and O–H groups in total. The summed E-state index contributed by atoms with van der Waals surface area (Å²) in [5.41, 5.74) is 0.626. The zero-order valence-corrected chi connectivity index (χ0v) is 14.2. The van der Waals surface area contributed by atoms with Gasteiger partial charge in [0.15, 0.2) is 0 Å². The molecule has 0 saturated carbocycles. The molecule has 1 atom stereocenters. The minimum atomic E-state index is -1.17. The van der Waals surface area contributed by atoms with Crippen LogP contribution in [0.2, 0.25) is 0 Å². The summed E-state index contributed by atoms with van der Waals surface area (Å²) in [6, 6.07) is 9.49. The SMILES string of the molecule is COc1ccc(CC(CCC#N)(C2=CCCCCC2)[N+](=O)[O-])cc1. The van der Waals surface area contributed by atoms with Crippen molar-refractivity contribution in [2.45, 2.75) is 56.9 Å². The van der Waals surface area contributed by atoms with Gasteiger partial charge in [0.1, 0.15) is 5.75 Å². The van der Waals surface area contributed by atoms with E-state index in [1.54, 1.807) is 7.11 Å². The third-order valence-electron chi connectivity index (χ3n) is 4.79. The molecule has 1 aliphatic rings. The summed E-state index contributed by atoms with van der Waals surface area (Å²) >= 11 is 0. The lowest BCUT2D eigenvalue weighted by Gasteiger charge is -2.28. The molecule has 0 amide bonds. The first-order valence-corrected chi connectivity index (χ1v) is 8.46. The zero-order chi connectivity index (χ0) is 17.4. The highest BCUT2D eigenvalue weighted by atomic mass is 16.6. The highest BCUT2D eigenvalue weighted by Crippen LogP contribution is 2.36. The molecular formula is C19H24N2O3. The molecule has 0 aliphatic heterocycles. The Bertz CT molecular complexity index is 631. The van der Waals surface area contributed by atoms with Gasteiger partial charge in [-0.1, -0.05) is 24.6 Å². The number of methoxy groups -OCH3 is 1. The molecule has 5 nitrogen and oxygen atoms in total. The summed E-state index contributed by atoms with van der Waals surface area (Å²) in [4.78, 5) is 11.9. The Kier molecular flexibility index (Phi) is 6.36. The van der Waals surface area contributed by atoms with Gasteiger partial charge in [0, 0.05) is 29.8 Å². The van der Waals surface area contributed by atoms with Crippen LogP contribution in [0, 0.1) is 21.4 Å². The maximum atomic E-state index is 12.1. The Morgan fingerprint density at radius 2 is 2.04 bits per heavy atom. The molecule has 0 radical (unpaired) electrons. The van der Waals surface area contributed by atoms with Crippen LogP contribution in [0.4, 0.5) is 0 Å². The van der Waals surface area contributed by atoms with Crippen LogP contribution in [0.15, 0.2) is 35.9 Å². The van der Waals surface area contributed by atoms with E-state index in [0.717, 1.165) is 49.0 Å². The molecule has 24 heavy (non-hydrogen) atoms. The predicted molar refractivity (Wildman–Crippen MR) is 92.4 cm³/mol. The number of hydrogen-bond donors (Lipinski definition) is 0. The van der Waals surface area contributed by atoms with E-state index in [4.69, 9.17) is 10.00 Å². The van der Waals surface area contributed by atoms with Gasteiger partial charge in [-0.05, 0) is 43.4 Å². The Labute approximate surface area is 143 Å². The van der Waals surface area contributed by atoms with Crippen LogP contribution in [0.5, 0.6) is 5.75 Å². The standard InChI is InChI=1S/C19H24N2O3/c1-24-18-11-9-16(10-12-18)15-19(21(22)23,13-6-14-20)17-7-4-2-3-5-8-17/h7,9-12H,2-6,8,13,15H2,1H3. The number of benzene rings is 1. The van der Waals surface area contributed by atoms with E-state index in [1.165, 1.54) is 0 Å². The number of nitro groups is 1. The van der Waals surface area contributed by atoms with E-state index in [1.807, 2.05) is 24.3 Å². The normalized spacial score (nSPS) is 17.1. The molecule has 1 aromatic rings. The average molecular weight is 328 g/mol. The molecule has 0 fully saturated rings. The fourth-order valence-corrected chi connectivity index (χ4v) is 3.42. The quantitative estimate of drug-likeness (QED) is 0.421. The number of rotatable bonds is 7. The van der Waals surface area contributed by atoms with Crippen LogP contribution in [0.25, 0.3) is 0 Å². The van der Waals surface area contributed by atoms with E-state index in [9.17, 15) is 10.1 Å². The van der Waals surface area contributed by atoms with E-state index < -0.39 is 5.54 Å². The molecular weight excluding hydrogens is 304 g/mol. The van der Waals surface area contributed by atoms with Crippen LogP contribution < -0.4 is 4.74 Å². The van der Waals surface area contributed by atoms with Crippen molar-refractivity contribution in [2.24, 2.45) is 0 Å². The molecule has 0 bridgehead atoms. The monoisotopic (exact) mass is 328 g/mol. The number of allylic oxidation sites excluding steroid dienone is 1. The van der Waals surface area contributed by atoms with E-state index >= 15 is 0 Å². The second-order valence-corrected chi connectivity index (χ2v) is 6.30. The van der Waals surface area contributed by atoms with E-state index in [0.29, 0.717) is 6.42 Å². The predicted octanol–water partition coefficient (Wildman–Crippen LogP) is 4.45. The fourth-order valence-electron chi connectivity index (χ4n) is 3.42. The van der Waals surface area contributed by atoms with Crippen molar-refractivity contribution in [3.63, 3.8) is 0 Å². The number of nitrogens with zero attached hydrogens (tertiary/aromatic N) is 2. The third kappa shape index (κ3) is 4.14. The van der Waals surface area contributed by atoms with Gasteiger partial charge in [-0.3, -0.25) is 10.1 Å². The Hall–Kier alpha value is -2.35. The van der Waals surface area contributed by atoms with Crippen LogP contribution >= 0.6 is 0 Å². The van der Waals surface area contributed by atoms with Crippen molar-refractivity contribution in [2.75, 3.05) is 7.11 Å². The van der Waals surface area contributed by atoms with Crippen LogP contribution in [0.3, 0.4) is 0 Å². The maximum absolute atomic E-state index is 12.1. The molecule has 0 heterocycles. The third-order valence-corrected chi connectivity index (χ3v) is 4.79. The van der Waals surface area contributed by atoms with Gasteiger partial charge in [-0.15, -0.1) is 0 Å². The van der Waals surface area contributed by atoms with Crippen molar-refractivity contribution >= 4 is 0 Å². The largest absolute Gasteiger partial charge is 0.497 e. The van der Waals surface area contributed by atoms with Crippen molar-refractivity contribution in [3.05, 3.63) is 51.6 Å². The summed E-state index contributed by atoms with van der Waals surface area (Å²) in [7, 11) is 1.60. The second kappa shape index (κ2) is 8.49. The molecule has 5 heteroatoms. The van der Waals surface area contributed by atoms with Crippen LogP contribution in [0.1, 0.15) is 50.5 Å². The average Bonchev–Trinajstić information content (AvgIpc) is 2.88. The summed E-state index contributed by atoms with van der Waals surface area (Å²) in [6.45, 7) is 0. The van der Waals surface area contributed by atoms with Gasteiger partial charge < -0.3 is 4.74 Å². The first kappa shape index (κ1) is 18.0. The summed E-state index contributed by atoms with van der Waals surface area (Å²) in [5.74, 6) is 0.733. The van der Waals surface area contributed by atoms with Gasteiger partial charge in [-0.25, -0.2) is 0 Å². The van der Waals surface area contributed by atoms with E-state index in [-0.39, 0.29) is 17.8 Å². The van der Waals surface area contributed by atoms with Gasteiger partial charge in [0.25, 0.3) is 0 Å². The lowest BCUT2D eigenvalue weighted by molar-refractivity contribution is -0.559. The minimum Gasteiger partial charge on any atom is -0.497 e. The minimum absolute atomic E-state index is 0.161. The van der Waals surface area contributed by atoms with Crippen LogP contribution in [-0.4, -0.2) is 17.6 Å². The summed E-state index contributed by atoms with van der Waals surface area (Å²) < 4.78 is 5.16. The molecule has 128 valence electrons. The van der Waals surface area contributed by atoms with Gasteiger partial charge in [0.2, 0.25) is 5.54 Å². The highest BCUT2D eigenvalue weighted by molar-refractivity contribution is 5.31. The molecule has 0 saturated heterocycles. The Morgan fingerprint density at radius 1 is 1.29 bits per heavy atom. The van der Waals surface area contributed by atoms with Gasteiger partial charge in [-0.2, -0.15) is 5.26 Å². The lowest BCUT2D eigenvalue weighted by atomic mass is 9.78. The second-order valence-electron chi connectivity index (χ2n) is 6.30. The van der Waals surface area contributed by atoms with Gasteiger partial charge >= 0.3 is 0 Å². The highest BCUT2D eigenvalue weighted by Gasteiger charge is 2.45. The van der Waals surface area contributed by atoms with E-state index in [2.05, 4.69) is 12.1 Å². The first-order valence-electron chi connectivity index (χ1n) is 8.46. The van der Waals surface area contributed by atoms with Crippen molar-refractivity contribution in [1.82, 2.24) is 0 Å². The first-order chi connectivity index (χ1) is 11.6. The molecule has 1 unspecified atom stereocenters. The smallest absolute Gasteiger partial charge is 0.248 e. The molecule has 2 rings (SSSR count). The number of ether oxygens (including phenoxy) is 1. The Balaban J connectivity index is 2.37. The molecule has 0 spiro atoms. The molecule has 1 aromatic carbocycles. The van der Waals surface area contributed by atoms with Crippen LogP contribution in [-0.2, 0) is 6.42 Å². The fraction of sp³-hybridized carbons (Fsp3) is 0.526. The summed E-state index contributed by atoms with van der Waals surface area (Å²) in [6.07, 6.45) is 7.63. The molecule has 0 aromatic heterocycles. The van der Waals surface area contributed by atoms with Crippen molar-refractivity contribution in [3.8, 4) is 11.8 Å². The van der Waals surface area contributed by atoms with Crippen molar-refractivity contribution in [1.29, 1.82) is 5.26 Å². The Morgan fingerprint density at radius 3 is 2.67 bits per heavy atom. The maximum Gasteiger partial charge on any atom is 0.248 e. The van der Waals surface area contributed by atoms with Gasteiger partial charge in [0.05, 0.1) is 13.2 Å². The number of hydrogen-bond acceptors (Lipinski definition) is 4. The zero-order valence-electron chi connectivity index (χ0n) is 14.2. The summed E-state index contributed by atoms with van der Waals surface area (Å²) in [5, 5.41) is 21.1. The molecule has 1 aliphatic carbocycles. The topological polar surface area (TPSA) is 76.2 Å². The lowest BCUT2D eigenvalue weighted by Crippen LogP contribution is -2.42.